The quantitative estimate of drug-likeness (QED) is 0.116. The molecule has 2 amide bonds. The first-order valence-electron chi connectivity index (χ1n) is 18.5. The summed E-state index contributed by atoms with van der Waals surface area (Å²) in [6, 6.07) is 21.8. The number of aromatic nitrogens is 3. The smallest absolute Gasteiger partial charge is 0.416 e. The van der Waals surface area contributed by atoms with E-state index in [1.165, 1.54) is 4.57 Å². The number of carbonyl (C=O) groups excluding carboxylic acids is 2. The maximum atomic E-state index is 14.1. The number of nitrogens with zero attached hydrogens (tertiary/aromatic N) is 3. The molecule has 55 heavy (non-hydrogen) atoms. The average molecular weight is 760 g/mol. The minimum absolute atomic E-state index is 0.135. The van der Waals surface area contributed by atoms with Crippen LogP contribution in [-0.4, -0.2) is 49.8 Å². The van der Waals surface area contributed by atoms with E-state index in [2.05, 4.69) is 15.3 Å². The van der Waals surface area contributed by atoms with Gasteiger partial charge in [0.2, 0.25) is 0 Å². The number of nitrogens with one attached hydrogen (secondary N) is 2. The van der Waals surface area contributed by atoms with Crippen LogP contribution in [0.5, 0.6) is 0 Å². The van der Waals surface area contributed by atoms with Gasteiger partial charge in [0.1, 0.15) is 17.9 Å². The molecule has 5 aromatic rings. The molecule has 0 unspecified atom stereocenters. The summed E-state index contributed by atoms with van der Waals surface area (Å²) in [6.45, 7) is 10.3. The monoisotopic (exact) mass is 759 g/mol. The molecule has 0 saturated carbocycles. The number of benzene rings is 3. The number of fused-ring (bicyclic) bond motifs is 1. The summed E-state index contributed by atoms with van der Waals surface area (Å²) in [5, 5.41) is 3.31. The van der Waals surface area contributed by atoms with Crippen LogP contribution in [0.25, 0.3) is 28.0 Å². The molecule has 3 aromatic carbocycles. The molecule has 292 valence electrons. The number of ether oxygens (including phenoxy) is 2. The zero-order chi connectivity index (χ0) is 39.8. The summed E-state index contributed by atoms with van der Waals surface area (Å²) in [5.41, 5.74) is 1.68. The van der Waals surface area contributed by atoms with Gasteiger partial charge in [0.05, 0.1) is 11.3 Å². The summed E-state index contributed by atoms with van der Waals surface area (Å²) in [4.78, 5) is 47.1. The summed E-state index contributed by atoms with van der Waals surface area (Å²) in [7, 11) is 0. The number of carbonyl (C=O) groups is 2. The fraction of sp³-hybridized carbons (Fsp3) is 0.381. The highest BCUT2D eigenvalue weighted by Gasteiger charge is 2.31. The van der Waals surface area contributed by atoms with Crippen molar-refractivity contribution in [2.45, 2.75) is 97.7 Å². The van der Waals surface area contributed by atoms with E-state index in [0.29, 0.717) is 60.2 Å². The van der Waals surface area contributed by atoms with Crippen molar-refractivity contribution in [1.82, 2.24) is 24.8 Å². The molecule has 2 heterocycles. The minimum atomic E-state index is -4.58. The Bertz CT molecular complexity index is 2120. The van der Waals surface area contributed by atoms with Gasteiger partial charge in [-0.25, -0.2) is 14.4 Å². The fourth-order valence-corrected chi connectivity index (χ4v) is 6.03. The molecule has 0 spiro atoms. The molecule has 2 N–H and O–H groups in total. The summed E-state index contributed by atoms with van der Waals surface area (Å²) >= 11 is 0. The van der Waals surface area contributed by atoms with E-state index >= 15 is 0 Å². The van der Waals surface area contributed by atoms with Crippen LogP contribution in [0.15, 0.2) is 89.9 Å². The number of halogens is 3. The van der Waals surface area contributed by atoms with Gasteiger partial charge in [-0.2, -0.15) is 18.2 Å². The first-order chi connectivity index (χ1) is 26.1. The molecule has 0 aliphatic heterocycles. The van der Waals surface area contributed by atoms with E-state index in [4.69, 9.17) is 9.47 Å². The lowest BCUT2D eigenvalue weighted by molar-refractivity contribution is -0.137. The second kappa shape index (κ2) is 17.7. The number of rotatable bonds is 14. The van der Waals surface area contributed by atoms with Crippen molar-refractivity contribution in [3.8, 4) is 16.9 Å². The van der Waals surface area contributed by atoms with Crippen molar-refractivity contribution < 1.29 is 32.2 Å². The second-order valence-electron chi connectivity index (χ2n) is 14.7. The van der Waals surface area contributed by atoms with Gasteiger partial charge in [0.15, 0.2) is 0 Å². The van der Waals surface area contributed by atoms with Crippen molar-refractivity contribution in [1.29, 1.82) is 0 Å². The largest absolute Gasteiger partial charge is 0.445 e. The molecule has 1 atom stereocenters. The fourth-order valence-electron chi connectivity index (χ4n) is 6.03. The normalized spacial score (nSPS) is 12.4. The maximum Gasteiger partial charge on any atom is 0.416 e. The standard InChI is InChI=1S/C42H48F3N5O5/c1-6-7-20-49(40(53)55-41(3,4)5)25-29-16-18-35(19-17-29)50-26-33-24-36(47-37(33)48-38(50)51)32-21-31(22-34(23-32)42(43,44)45)15-11-12-28(2)46-39(52)54-27-30-13-9-8-10-14-30/h8-10,13-14,16-19,21-24,26,28H,6-7,11-12,15,20,25,27H2,1-5H3,(H,46,52)(H,47,48,51)/t28-/m0/s1. The first kappa shape index (κ1) is 40.6. The second-order valence-corrected chi connectivity index (χ2v) is 14.7. The predicted molar refractivity (Wildman–Crippen MR) is 206 cm³/mol. The topological polar surface area (TPSA) is 119 Å². The molecule has 2 aromatic heterocycles. The minimum Gasteiger partial charge on any atom is -0.445 e. The molecule has 0 fully saturated rings. The van der Waals surface area contributed by atoms with Gasteiger partial charge in [-0.05, 0) is 112 Å². The Morgan fingerprint density at radius 3 is 2.35 bits per heavy atom. The number of alkyl carbamates (subject to hydrolysis) is 1. The number of aromatic amines is 1. The number of unbranched alkanes of at least 4 members (excludes halogenated alkanes) is 1. The van der Waals surface area contributed by atoms with Crippen LogP contribution >= 0.6 is 0 Å². The zero-order valence-electron chi connectivity index (χ0n) is 31.8. The highest BCUT2D eigenvalue weighted by Crippen LogP contribution is 2.34. The van der Waals surface area contributed by atoms with Gasteiger partial charge in [-0.3, -0.25) is 4.57 Å². The molecular weight excluding hydrogens is 711 g/mol. The first-order valence-corrected chi connectivity index (χ1v) is 18.5. The number of H-pyrrole nitrogens is 1. The van der Waals surface area contributed by atoms with Gasteiger partial charge >= 0.3 is 24.1 Å². The third kappa shape index (κ3) is 11.7. The molecular formula is C42H48F3N5O5. The van der Waals surface area contributed by atoms with Crippen molar-refractivity contribution in [2.75, 3.05) is 6.54 Å². The van der Waals surface area contributed by atoms with Crippen LogP contribution in [0.2, 0.25) is 0 Å². The Labute approximate surface area is 318 Å². The van der Waals surface area contributed by atoms with Crippen molar-refractivity contribution in [3.05, 3.63) is 118 Å². The lowest BCUT2D eigenvalue weighted by Crippen LogP contribution is -2.37. The van der Waals surface area contributed by atoms with Gasteiger partial charge in [0, 0.05) is 36.4 Å². The van der Waals surface area contributed by atoms with Gasteiger partial charge in [0.25, 0.3) is 0 Å². The summed E-state index contributed by atoms with van der Waals surface area (Å²) in [5.74, 6) is 0. The van der Waals surface area contributed by atoms with Crippen LogP contribution < -0.4 is 11.0 Å². The van der Waals surface area contributed by atoms with Gasteiger partial charge in [-0.1, -0.05) is 55.8 Å². The van der Waals surface area contributed by atoms with Crippen LogP contribution in [0.1, 0.15) is 82.6 Å². The van der Waals surface area contributed by atoms with Crippen LogP contribution in [0, 0.1) is 0 Å². The summed E-state index contributed by atoms with van der Waals surface area (Å²) in [6.07, 6.45) is -0.809. The zero-order valence-corrected chi connectivity index (χ0v) is 31.8. The molecule has 10 nitrogen and oxygen atoms in total. The lowest BCUT2D eigenvalue weighted by Gasteiger charge is -2.27. The van der Waals surface area contributed by atoms with Crippen molar-refractivity contribution in [2.24, 2.45) is 0 Å². The van der Waals surface area contributed by atoms with E-state index in [1.54, 1.807) is 35.4 Å². The van der Waals surface area contributed by atoms with E-state index in [-0.39, 0.29) is 18.3 Å². The maximum absolute atomic E-state index is 14.1. The Morgan fingerprint density at radius 2 is 1.67 bits per heavy atom. The number of hydrogen-bond acceptors (Lipinski definition) is 6. The van der Waals surface area contributed by atoms with E-state index in [9.17, 15) is 27.6 Å². The Hall–Kier alpha value is -5.59. The molecule has 0 saturated heterocycles. The van der Waals surface area contributed by atoms with Gasteiger partial charge in [-0.15, -0.1) is 0 Å². The number of aryl methyl sites for hydroxylation is 1. The Balaban J connectivity index is 1.28. The van der Waals surface area contributed by atoms with Crippen molar-refractivity contribution >= 4 is 23.2 Å². The molecule has 0 aliphatic rings. The highest BCUT2D eigenvalue weighted by atomic mass is 19.4. The van der Waals surface area contributed by atoms with E-state index in [1.807, 2.05) is 77.1 Å². The molecule has 0 aliphatic carbocycles. The predicted octanol–water partition coefficient (Wildman–Crippen LogP) is 9.57. The molecule has 5 rings (SSSR count). The third-order valence-corrected chi connectivity index (χ3v) is 8.84. The van der Waals surface area contributed by atoms with Gasteiger partial charge < -0.3 is 24.7 Å². The van der Waals surface area contributed by atoms with E-state index in [0.717, 1.165) is 36.1 Å². The lowest BCUT2D eigenvalue weighted by atomic mass is 9.98. The van der Waals surface area contributed by atoms with Crippen molar-refractivity contribution in [3.63, 3.8) is 0 Å². The highest BCUT2D eigenvalue weighted by molar-refractivity contribution is 5.83. The van der Waals surface area contributed by atoms with Crippen LogP contribution in [0.3, 0.4) is 0 Å². The third-order valence-electron chi connectivity index (χ3n) is 8.84. The number of alkyl halides is 3. The Morgan fingerprint density at radius 1 is 0.945 bits per heavy atom. The van der Waals surface area contributed by atoms with E-state index < -0.39 is 35.2 Å². The van der Waals surface area contributed by atoms with Crippen LogP contribution in [-0.2, 0) is 35.2 Å². The Kier molecular flexibility index (Phi) is 13.1. The average Bonchev–Trinajstić information content (AvgIpc) is 3.54. The number of hydrogen-bond donors (Lipinski definition) is 2. The molecule has 0 bridgehead atoms. The van der Waals surface area contributed by atoms with Crippen LogP contribution in [0.4, 0.5) is 22.8 Å². The number of amides is 2. The summed E-state index contributed by atoms with van der Waals surface area (Å²) < 4.78 is 54.4. The SMILES string of the molecule is CCCCN(Cc1ccc(-n2cc3cc(-c4cc(CCC[C@H](C)NC(=O)OCc5ccccc5)cc(C(F)(F)F)c4)[nH]c3nc2=O)cc1)C(=O)OC(C)(C)C. The molecule has 13 heteroatoms. The molecule has 0 radical (unpaired) electrons.